The number of hydrogen-bond donors (Lipinski definition) is 2. The van der Waals surface area contributed by atoms with Crippen molar-refractivity contribution in [3.05, 3.63) is 21.1 Å². The number of aromatic nitrogens is 2. The molecule has 7 nitrogen and oxygen atoms in total. The van der Waals surface area contributed by atoms with E-state index in [-0.39, 0.29) is 23.2 Å². The number of rotatable bonds is 6. The summed E-state index contributed by atoms with van der Waals surface area (Å²) in [4.78, 5) is 18.4. The summed E-state index contributed by atoms with van der Waals surface area (Å²) < 4.78 is 0. The number of nitrogens with zero attached hydrogens (tertiary/aromatic N) is 3. The zero-order chi connectivity index (χ0) is 14.6. The van der Waals surface area contributed by atoms with Crippen LogP contribution in [0.15, 0.2) is 0 Å². The maximum Gasteiger partial charge on any atom is 0.348 e. The van der Waals surface area contributed by atoms with Gasteiger partial charge >= 0.3 is 5.69 Å². The zero-order valence-corrected chi connectivity index (χ0v) is 11.8. The van der Waals surface area contributed by atoms with Crippen molar-refractivity contribution < 1.29 is 10.0 Å². The van der Waals surface area contributed by atoms with Crippen LogP contribution < -0.4 is 5.32 Å². The highest BCUT2D eigenvalue weighted by Gasteiger charge is 2.23. The maximum absolute atomic E-state index is 11.0. The first-order chi connectivity index (χ1) is 8.81. The molecule has 1 atom stereocenters. The molecule has 1 aromatic rings. The first-order valence-electron chi connectivity index (χ1n) is 5.94. The van der Waals surface area contributed by atoms with Crippen LogP contribution >= 0.6 is 11.6 Å². The Morgan fingerprint density at radius 2 is 2.05 bits per heavy atom. The van der Waals surface area contributed by atoms with E-state index in [4.69, 9.17) is 11.6 Å². The molecule has 0 bridgehead atoms. The fourth-order valence-corrected chi connectivity index (χ4v) is 1.71. The summed E-state index contributed by atoms with van der Waals surface area (Å²) in [6.07, 6.45) is -0.0805. The molecule has 2 N–H and O–H groups in total. The molecule has 0 aromatic carbocycles. The topological polar surface area (TPSA) is 101 Å². The van der Waals surface area contributed by atoms with E-state index in [9.17, 15) is 15.2 Å². The Bertz CT molecular complexity index is 465. The molecule has 0 aliphatic rings. The van der Waals surface area contributed by atoms with E-state index in [2.05, 4.69) is 15.3 Å². The van der Waals surface area contributed by atoms with E-state index in [0.29, 0.717) is 18.2 Å². The van der Waals surface area contributed by atoms with Crippen LogP contribution in [0.3, 0.4) is 0 Å². The van der Waals surface area contributed by atoms with Gasteiger partial charge in [0.15, 0.2) is 0 Å². The molecule has 0 radical (unpaired) electrons. The largest absolute Gasteiger partial charge is 0.392 e. The van der Waals surface area contributed by atoms with Crippen molar-refractivity contribution >= 4 is 23.1 Å². The van der Waals surface area contributed by atoms with Gasteiger partial charge in [0.25, 0.3) is 0 Å². The van der Waals surface area contributed by atoms with Crippen LogP contribution in [0.5, 0.6) is 0 Å². The summed E-state index contributed by atoms with van der Waals surface area (Å²) in [5, 5.41) is 22.7. The second-order valence-electron chi connectivity index (χ2n) is 4.71. The number of anilines is 1. The normalized spacial score (nSPS) is 12.5. The van der Waals surface area contributed by atoms with E-state index >= 15 is 0 Å². The standard InChI is InChI=1S/C11H17ClN4O3/c1-6(2)4-8-14-10(12)9(16(18)19)11(15-8)13-5-7(3)17/h6-7,17H,4-5H2,1-3H3,(H,13,14,15). The summed E-state index contributed by atoms with van der Waals surface area (Å²) in [5.41, 5.74) is -0.366. The molecular formula is C11H17ClN4O3. The Kier molecular flexibility index (Phi) is 5.44. The maximum atomic E-state index is 11.0. The molecule has 0 spiro atoms. The number of aliphatic hydroxyl groups is 1. The molecule has 106 valence electrons. The third-order valence-electron chi connectivity index (χ3n) is 2.23. The second kappa shape index (κ2) is 6.63. The molecule has 0 aliphatic heterocycles. The highest BCUT2D eigenvalue weighted by atomic mass is 35.5. The quantitative estimate of drug-likeness (QED) is 0.472. The molecule has 0 fully saturated rings. The highest BCUT2D eigenvalue weighted by molar-refractivity contribution is 6.31. The molecule has 19 heavy (non-hydrogen) atoms. The third-order valence-corrected chi connectivity index (χ3v) is 2.49. The molecule has 1 unspecified atom stereocenters. The van der Waals surface area contributed by atoms with Crippen LogP contribution in [0.25, 0.3) is 0 Å². The summed E-state index contributed by atoms with van der Waals surface area (Å²) >= 11 is 5.83. The van der Waals surface area contributed by atoms with Gasteiger partial charge in [-0.2, -0.15) is 0 Å². The van der Waals surface area contributed by atoms with Crippen molar-refractivity contribution in [2.24, 2.45) is 5.92 Å². The lowest BCUT2D eigenvalue weighted by atomic mass is 10.1. The van der Waals surface area contributed by atoms with E-state index < -0.39 is 11.0 Å². The summed E-state index contributed by atoms with van der Waals surface area (Å²) in [5.74, 6) is 0.794. The molecule has 1 aromatic heterocycles. The number of hydrogen-bond acceptors (Lipinski definition) is 6. The zero-order valence-electron chi connectivity index (χ0n) is 11.1. The lowest BCUT2D eigenvalue weighted by Gasteiger charge is -2.11. The Hall–Kier alpha value is -1.47. The second-order valence-corrected chi connectivity index (χ2v) is 5.07. The molecular weight excluding hydrogens is 272 g/mol. The Labute approximate surface area is 116 Å². The average Bonchev–Trinajstić information content (AvgIpc) is 2.23. The van der Waals surface area contributed by atoms with Gasteiger partial charge in [-0.15, -0.1) is 0 Å². The Morgan fingerprint density at radius 1 is 1.42 bits per heavy atom. The molecule has 0 aliphatic carbocycles. The van der Waals surface area contributed by atoms with E-state index in [1.807, 2.05) is 13.8 Å². The van der Waals surface area contributed by atoms with Gasteiger partial charge in [-0.3, -0.25) is 10.1 Å². The van der Waals surface area contributed by atoms with Crippen LogP contribution in [0, 0.1) is 16.0 Å². The lowest BCUT2D eigenvalue weighted by molar-refractivity contribution is -0.384. The van der Waals surface area contributed by atoms with Gasteiger partial charge in [0, 0.05) is 13.0 Å². The fourth-order valence-electron chi connectivity index (χ4n) is 1.46. The molecule has 0 amide bonds. The molecule has 0 saturated carbocycles. The van der Waals surface area contributed by atoms with Crippen molar-refractivity contribution in [1.82, 2.24) is 9.97 Å². The van der Waals surface area contributed by atoms with Gasteiger partial charge < -0.3 is 10.4 Å². The summed E-state index contributed by atoms with van der Waals surface area (Å²) in [6.45, 7) is 5.69. The first-order valence-corrected chi connectivity index (χ1v) is 6.31. The van der Waals surface area contributed by atoms with Gasteiger partial charge in [-0.25, -0.2) is 9.97 Å². The first kappa shape index (κ1) is 15.6. The fraction of sp³-hybridized carbons (Fsp3) is 0.636. The summed E-state index contributed by atoms with van der Waals surface area (Å²) in [7, 11) is 0. The number of aliphatic hydroxyl groups excluding tert-OH is 1. The van der Waals surface area contributed by atoms with Crippen molar-refractivity contribution in [2.75, 3.05) is 11.9 Å². The predicted molar refractivity (Wildman–Crippen MR) is 72.4 cm³/mol. The Morgan fingerprint density at radius 3 is 2.53 bits per heavy atom. The van der Waals surface area contributed by atoms with E-state index in [1.54, 1.807) is 6.92 Å². The minimum absolute atomic E-state index is 0.0431. The summed E-state index contributed by atoms with van der Waals surface area (Å²) in [6, 6.07) is 0. The Balaban J connectivity index is 3.13. The molecule has 1 rings (SSSR count). The average molecular weight is 289 g/mol. The van der Waals surface area contributed by atoms with E-state index in [0.717, 1.165) is 0 Å². The number of nitrogens with one attached hydrogen (secondary N) is 1. The predicted octanol–water partition coefficient (Wildman–Crippen LogP) is 2.03. The van der Waals surface area contributed by atoms with Crippen LogP contribution in [-0.4, -0.2) is 32.6 Å². The van der Waals surface area contributed by atoms with Crippen LogP contribution in [0.4, 0.5) is 11.5 Å². The molecule has 1 heterocycles. The smallest absolute Gasteiger partial charge is 0.348 e. The van der Waals surface area contributed by atoms with Crippen molar-refractivity contribution in [3.63, 3.8) is 0 Å². The van der Waals surface area contributed by atoms with Gasteiger partial charge in [0.2, 0.25) is 11.0 Å². The van der Waals surface area contributed by atoms with Crippen LogP contribution in [0.1, 0.15) is 26.6 Å². The highest BCUT2D eigenvalue weighted by Crippen LogP contribution is 2.29. The molecule has 8 heteroatoms. The third kappa shape index (κ3) is 4.60. The molecule has 0 saturated heterocycles. The van der Waals surface area contributed by atoms with Gasteiger partial charge in [0.05, 0.1) is 11.0 Å². The van der Waals surface area contributed by atoms with Gasteiger partial charge in [-0.1, -0.05) is 25.4 Å². The van der Waals surface area contributed by atoms with Gasteiger partial charge in [0.1, 0.15) is 5.82 Å². The van der Waals surface area contributed by atoms with Crippen LogP contribution in [-0.2, 0) is 6.42 Å². The van der Waals surface area contributed by atoms with Crippen molar-refractivity contribution in [1.29, 1.82) is 0 Å². The number of halogens is 1. The van der Waals surface area contributed by atoms with Crippen molar-refractivity contribution in [3.8, 4) is 0 Å². The number of nitro groups is 1. The minimum Gasteiger partial charge on any atom is -0.392 e. The van der Waals surface area contributed by atoms with E-state index in [1.165, 1.54) is 0 Å². The van der Waals surface area contributed by atoms with Crippen LogP contribution in [0.2, 0.25) is 5.15 Å². The SMILES string of the molecule is CC(C)Cc1nc(Cl)c([N+](=O)[O-])c(NCC(C)O)n1. The van der Waals surface area contributed by atoms with Gasteiger partial charge in [-0.05, 0) is 12.8 Å². The minimum atomic E-state index is -0.651. The lowest BCUT2D eigenvalue weighted by Crippen LogP contribution is -2.18. The van der Waals surface area contributed by atoms with Crippen molar-refractivity contribution in [2.45, 2.75) is 33.3 Å². The monoisotopic (exact) mass is 288 g/mol.